The zero-order chi connectivity index (χ0) is 12.5. The molecule has 0 aliphatic carbocycles. The molecule has 2 nitrogen and oxygen atoms in total. The predicted molar refractivity (Wildman–Crippen MR) is 73.3 cm³/mol. The highest BCUT2D eigenvalue weighted by Gasteiger charge is 2.20. The molecular weight excluding hydrogens is 244 g/mol. The number of nitrogens with zero attached hydrogens (tertiary/aromatic N) is 2. The van der Waals surface area contributed by atoms with Crippen LogP contribution < -0.4 is 4.90 Å². The number of anilines is 2. The maximum atomic E-state index is 8.88. The maximum Gasteiger partial charge on any atom is 0.101 e. The number of rotatable bonds is 1. The minimum atomic E-state index is 0.513. The largest absolute Gasteiger partial charge is 0.341 e. The van der Waals surface area contributed by atoms with Gasteiger partial charge in [0.15, 0.2) is 0 Å². The lowest BCUT2D eigenvalue weighted by Crippen LogP contribution is -2.13. The summed E-state index contributed by atoms with van der Waals surface area (Å²) in [4.78, 5) is 2.24. The van der Waals surface area contributed by atoms with Gasteiger partial charge in [-0.25, -0.2) is 0 Å². The summed E-state index contributed by atoms with van der Waals surface area (Å²) in [7, 11) is 0. The monoisotopic (exact) mass is 254 g/mol. The lowest BCUT2D eigenvalue weighted by atomic mass is 10.1. The maximum absolute atomic E-state index is 8.88. The predicted octanol–water partition coefficient (Wildman–Crippen LogP) is 3.91. The van der Waals surface area contributed by atoms with Crippen molar-refractivity contribution in [1.82, 2.24) is 0 Å². The molecule has 3 heteroatoms. The number of nitriles is 1. The van der Waals surface area contributed by atoms with Crippen molar-refractivity contribution in [2.45, 2.75) is 6.42 Å². The smallest absolute Gasteiger partial charge is 0.101 e. The third-order valence-electron chi connectivity index (χ3n) is 3.27. The summed E-state index contributed by atoms with van der Waals surface area (Å²) in [5.74, 6) is 0. The molecule has 3 rings (SSSR count). The molecule has 0 fully saturated rings. The number of para-hydroxylation sites is 1. The molecule has 1 aliphatic rings. The fourth-order valence-electron chi connectivity index (χ4n) is 2.37. The van der Waals surface area contributed by atoms with Gasteiger partial charge in [-0.15, -0.1) is 0 Å². The molecule has 0 spiro atoms. The Labute approximate surface area is 111 Å². The van der Waals surface area contributed by atoms with Crippen LogP contribution in [0.15, 0.2) is 42.5 Å². The zero-order valence-electron chi connectivity index (χ0n) is 9.73. The molecule has 0 saturated carbocycles. The Hall–Kier alpha value is -1.98. The highest BCUT2D eigenvalue weighted by Crippen LogP contribution is 2.35. The van der Waals surface area contributed by atoms with Crippen LogP contribution in [0.5, 0.6) is 0 Å². The van der Waals surface area contributed by atoms with Gasteiger partial charge in [-0.2, -0.15) is 5.26 Å². The van der Waals surface area contributed by atoms with Gasteiger partial charge in [-0.05, 0) is 36.2 Å². The van der Waals surface area contributed by atoms with Gasteiger partial charge in [-0.3, -0.25) is 0 Å². The van der Waals surface area contributed by atoms with E-state index >= 15 is 0 Å². The molecule has 2 aromatic carbocycles. The number of hydrogen-bond donors (Lipinski definition) is 0. The van der Waals surface area contributed by atoms with Gasteiger partial charge in [0.1, 0.15) is 6.07 Å². The molecule has 2 aromatic rings. The lowest BCUT2D eigenvalue weighted by molar-refractivity contribution is 0.998. The highest BCUT2D eigenvalue weighted by molar-refractivity contribution is 6.32. The van der Waals surface area contributed by atoms with Crippen molar-refractivity contribution in [2.75, 3.05) is 11.4 Å². The highest BCUT2D eigenvalue weighted by atomic mass is 35.5. The molecule has 0 saturated heterocycles. The molecule has 0 N–H and O–H groups in total. The fraction of sp³-hybridized carbons (Fsp3) is 0.133. The summed E-state index contributed by atoms with van der Waals surface area (Å²) in [6.45, 7) is 0.960. The van der Waals surface area contributed by atoms with E-state index in [2.05, 4.69) is 29.2 Å². The van der Waals surface area contributed by atoms with E-state index in [9.17, 15) is 0 Å². The van der Waals surface area contributed by atoms with Crippen LogP contribution >= 0.6 is 11.6 Å². The van der Waals surface area contributed by atoms with Gasteiger partial charge in [0.25, 0.3) is 0 Å². The molecule has 1 heterocycles. The average molecular weight is 255 g/mol. The van der Waals surface area contributed by atoms with E-state index in [0.717, 1.165) is 18.7 Å². The summed E-state index contributed by atoms with van der Waals surface area (Å²) in [6, 6.07) is 16.1. The Morgan fingerprint density at radius 1 is 1.17 bits per heavy atom. The van der Waals surface area contributed by atoms with Crippen molar-refractivity contribution in [3.05, 3.63) is 58.6 Å². The number of benzene rings is 2. The fourth-order valence-corrected chi connectivity index (χ4v) is 2.59. The SMILES string of the molecule is N#Cc1ccc(N2CCc3ccccc32)cc1Cl. The van der Waals surface area contributed by atoms with Crippen LogP contribution in [0, 0.1) is 11.3 Å². The van der Waals surface area contributed by atoms with Crippen LogP contribution in [0.4, 0.5) is 11.4 Å². The van der Waals surface area contributed by atoms with Crippen LogP contribution in [0.3, 0.4) is 0 Å². The normalized spacial score (nSPS) is 13.2. The van der Waals surface area contributed by atoms with E-state index in [0.29, 0.717) is 10.6 Å². The Morgan fingerprint density at radius 3 is 2.78 bits per heavy atom. The molecule has 0 atom stereocenters. The van der Waals surface area contributed by atoms with Crippen molar-refractivity contribution in [2.24, 2.45) is 0 Å². The topological polar surface area (TPSA) is 27.0 Å². The van der Waals surface area contributed by atoms with E-state index < -0.39 is 0 Å². The molecule has 0 unspecified atom stereocenters. The quantitative estimate of drug-likeness (QED) is 0.772. The third-order valence-corrected chi connectivity index (χ3v) is 3.58. The first kappa shape index (κ1) is 11.1. The van der Waals surface area contributed by atoms with Crippen molar-refractivity contribution in [3.8, 4) is 6.07 Å². The van der Waals surface area contributed by atoms with Crippen LogP contribution in [-0.4, -0.2) is 6.54 Å². The van der Waals surface area contributed by atoms with Crippen LogP contribution in [-0.2, 0) is 6.42 Å². The zero-order valence-corrected chi connectivity index (χ0v) is 10.5. The average Bonchev–Trinajstić information content (AvgIpc) is 2.82. The second kappa shape index (κ2) is 4.36. The summed E-state index contributed by atoms with van der Waals surface area (Å²) >= 11 is 6.09. The van der Waals surface area contributed by atoms with Gasteiger partial charge in [-0.1, -0.05) is 29.8 Å². The standard InChI is InChI=1S/C15H11ClN2/c16-14-9-13(6-5-12(14)10-17)18-8-7-11-3-1-2-4-15(11)18/h1-6,9H,7-8H2. The molecule has 0 radical (unpaired) electrons. The van der Waals surface area contributed by atoms with Gasteiger partial charge < -0.3 is 4.90 Å². The molecule has 0 bridgehead atoms. The van der Waals surface area contributed by atoms with Crippen LogP contribution in [0.25, 0.3) is 0 Å². The molecular formula is C15H11ClN2. The number of halogens is 1. The van der Waals surface area contributed by atoms with Gasteiger partial charge in [0.2, 0.25) is 0 Å². The van der Waals surface area contributed by atoms with Crippen LogP contribution in [0.1, 0.15) is 11.1 Å². The molecule has 1 aliphatic heterocycles. The third kappa shape index (κ3) is 1.73. The lowest BCUT2D eigenvalue weighted by Gasteiger charge is -2.19. The molecule has 0 amide bonds. The van der Waals surface area contributed by atoms with Gasteiger partial charge in [0.05, 0.1) is 10.6 Å². The van der Waals surface area contributed by atoms with E-state index in [1.165, 1.54) is 11.3 Å². The first-order valence-corrected chi connectivity index (χ1v) is 6.22. The van der Waals surface area contributed by atoms with Crippen molar-refractivity contribution >= 4 is 23.0 Å². The van der Waals surface area contributed by atoms with Gasteiger partial charge in [0, 0.05) is 17.9 Å². The van der Waals surface area contributed by atoms with Crippen molar-refractivity contribution in [3.63, 3.8) is 0 Å². The first-order chi connectivity index (χ1) is 8.79. The minimum absolute atomic E-state index is 0.513. The first-order valence-electron chi connectivity index (χ1n) is 5.84. The van der Waals surface area contributed by atoms with E-state index in [1.54, 1.807) is 6.07 Å². The second-order valence-corrected chi connectivity index (χ2v) is 4.71. The van der Waals surface area contributed by atoms with E-state index in [1.807, 2.05) is 18.2 Å². The summed E-state index contributed by atoms with van der Waals surface area (Å²) in [6.07, 6.45) is 1.05. The summed E-state index contributed by atoms with van der Waals surface area (Å²) in [5.41, 5.74) is 4.16. The Bertz CT molecular complexity index is 643. The molecule has 18 heavy (non-hydrogen) atoms. The second-order valence-electron chi connectivity index (χ2n) is 4.31. The number of hydrogen-bond acceptors (Lipinski definition) is 2. The Balaban J connectivity index is 2.03. The summed E-state index contributed by atoms with van der Waals surface area (Å²) < 4.78 is 0. The van der Waals surface area contributed by atoms with Crippen molar-refractivity contribution < 1.29 is 0 Å². The molecule has 0 aromatic heterocycles. The van der Waals surface area contributed by atoms with E-state index in [-0.39, 0.29) is 0 Å². The summed E-state index contributed by atoms with van der Waals surface area (Å²) in [5, 5.41) is 9.40. The van der Waals surface area contributed by atoms with E-state index in [4.69, 9.17) is 16.9 Å². The number of fused-ring (bicyclic) bond motifs is 1. The van der Waals surface area contributed by atoms with Crippen molar-refractivity contribution in [1.29, 1.82) is 5.26 Å². The Kier molecular flexibility index (Phi) is 2.70. The minimum Gasteiger partial charge on any atom is -0.341 e. The van der Waals surface area contributed by atoms with Crippen LogP contribution in [0.2, 0.25) is 5.02 Å². The van der Waals surface area contributed by atoms with Gasteiger partial charge >= 0.3 is 0 Å². The molecule has 88 valence electrons. The Morgan fingerprint density at radius 2 is 2.00 bits per heavy atom.